The highest BCUT2D eigenvalue weighted by Gasteiger charge is 2.24. The maximum Gasteiger partial charge on any atom is 0.290 e. The smallest absolute Gasteiger partial charge is 0.290 e. The quantitative estimate of drug-likeness (QED) is 0.266. The number of fused-ring (bicyclic) bond motifs is 2. The molecule has 1 aliphatic heterocycles. The Balaban J connectivity index is 0.000000568. The van der Waals surface area contributed by atoms with Gasteiger partial charge in [0, 0.05) is 59.9 Å². The monoisotopic (exact) mass is 568 g/mol. The third-order valence-corrected chi connectivity index (χ3v) is 7.35. The van der Waals surface area contributed by atoms with Crippen LogP contribution in [0.3, 0.4) is 0 Å². The summed E-state index contributed by atoms with van der Waals surface area (Å²) >= 11 is 1.22. The van der Waals surface area contributed by atoms with Crippen LogP contribution in [-0.2, 0) is 14.4 Å². The summed E-state index contributed by atoms with van der Waals surface area (Å²) in [4.78, 5) is 34.6. The lowest BCUT2D eigenvalue weighted by atomic mass is 10.0. The van der Waals surface area contributed by atoms with Crippen LogP contribution in [0.1, 0.15) is 25.8 Å². The summed E-state index contributed by atoms with van der Waals surface area (Å²) in [6, 6.07) is 5.27. The van der Waals surface area contributed by atoms with Crippen LogP contribution in [0.2, 0.25) is 0 Å². The molecule has 4 aromatic heterocycles. The molecule has 0 spiro atoms. The number of furan rings is 1. The number of carboxylic acid groups (broad SMARTS) is 2. The third-order valence-electron chi connectivity index (χ3n) is 6.52. The van der Waals surface area contributed by atoms with Crippen LogP contribution in [0.25, 0.3) is 43.5 Å². The van der Waals surface area contributed by atoms with E-state index in [1.54, 1.807) is 19.2 Å². The normalized spacial score (nSPS) is 13.3. The van der Waals surface area contributed by atoms with Crippen molar-refractivity contribution in [2.45, 2.75) is 25.8 Å². The topological polar surface area (TPSA) is 178 Å². The van der Waals surface area contributed by atoms with E-state index in [1.165, 1.54) is 23.8 Å². The number of halogens is 1. The van der Waals surface area contributed by atoms with Gasteiger partial charge < -0.3 is 25.3 Å². The van der Waals surface area contributed by atoms with E-state index < -0.39 is 0 Å². The van der Waals surface area contributed by atoms with E-state index >= 15 is 0 Å². The number of nitrogens with zero attached hydrogens (tertiary/aromatic N) is 5. The summed E-state index contributed by atoms with van der Waals surface area (Å²) in [6.45, 7) is 2.58. The van der Waals surface area contributed by atoms with E-state index in [2.05, 4.69) is 14.5 Å². The average molecular weight is 569 g/mol. The first-order valence-electron chi connectivity index (χ1n) is 12.0. The number of likely N-dealkylation sites (tertiary alicyclic amines) is 1. The minimum absolute atomic E-state index is 0.113. The molecule has 5 aromatic rings. The van der Waals surface area contributed by atoms with Crippen LogP contribution in [0.15, 0.2) is 47.4 Å². The summed E-state index contributed by atoms with van der Waals surface area (Å²) in [5.41, 5.74) is 9.14. The molecule has 0 saturated carbocycles. The van der Waals surface area contributed by atoms with E-state index in [0.29, 0.717) is 16.7 Å². The number of amides is 1. The number of anilines is 1. The molecule has 5 heterocycles. The van der Waals surface area contributed by atoms with Gasteiger partial charge in [0.25, 0.3) is 12.9 Å². The molecule has 0 bridgehead atoms. The van der Waals surface area contributed by atoms with Crippen LogP contribution in [0.5, 0.6) is 0 Å². The molecule has 40 heavy (non-hydrogen) atoms. The van der Waals surface area contributed by atoms with Crippen molar-refractivity contribution in [3.05, 3.63) is 48.8 Å². The van der Waals surface area contributed by atoms with Crippen LogP contribution < -0.4 is 5.73 Å². The molecule has 1 aromatic carbocycles. The molecule has 14 heteroatoms. The average Bonchev–Trinajstić information content (AvgIpc) is 3.71. The Morgan fingerprint density at radius 3 is 2.50 bits per heavy atom. The van der Waals surface area contributed by atoms with Gasteiger partial charge in [0.05, 0.1) is 23.1 Å². The molecule has 0 unspecified atom stereocenters. The van der Waals surface area contributed by atoms with Gasteiger partial charge in [0.1, 0.15) is 11.6 Å². The van der Waals surface area contributed by atoms with E-state index in [-0.39, 0.29) is 36.5 Å². The predicted octanol–water partition coefficient (Wildman–Crippen LogP) is 4.27. The minimum Gasteiger partial charge on any atom is -0.483 e. The molecule has 4 N–H and O–H groups in total. The number of hydrogen-bond donors (Lipinski definition) is 3. The van der Waals surface area contributed by atoms with Gasteiger partial charge in [0.15, 0.2) is 11.4 Å². The van der Waals surface area contributed by atoms with E-state index in [0.717, 1.165) is 52.7 Å². The number of carbonyl (C=O) groups is 3. The van der Waals surface area contributed by atoms with Gasteiger partial charge >= 0.3 is 0 Å². The van der Waals surface area contributed by atoms with Gasteiger partial charge in [-0.1, -0.05) is 0 Å². The van der Waals surface area contributed by atoms with Gasteiger partial charge in [-0.15, -0.1) is 0 Å². The zero-order valence-electron chi connectivity index (χ0n) is 21.2. The van der Waals surface area contributed by atoms with Crippen molar-refractivity contribution >= 4 is 57.3 Å². The molecular weight excluding hydrogens is 543 g/mol. The van der Waals surface area contributed by atoms with Crippen molar-refractivity contribution in [1.82, 2.24) is 24.0 Å². The maximum atomic E-state index is 14.2. The molecule has 1 amide bonds. The summed E-state index contributed by atoms with van der Waals surface area (Å²) in [7, 11) is 0. The van der Waals surface area contributed by atoms with E-state index in [9.17, 15) is 9.18 Å². The highest BCUT2D eigenvalue weighted by atomic mass is 32.1. The van der Waals surface area contributed by atoms with Crippen molar-refractivity contribution in [1.29, 1.82) is 0 Å². The molecule has 0 atom stereocenters. The molecule has 1 fully saturated rings. The lowest BCUT2D eigenvalue weighted by Gasteiger charge is -2.31. The Morgan fingerprint density at radius 1 is 1.12 bits per heavy atom. The third kappa shape index (κ3) is 5.61. The number of rotatable bonds is 3. The Morgan fingerprint density at radius 2 is 1.82 bits per heavy atom. The number of aromatic nitrogens is 4. The first-order valence-corrected chi connectivity index (χ1v) is 12.8. The van der Waals surface area contributed by atoms with Crippen molar-refractivity contribution in [3.8, 4) is 22.5 Å². The molecule has 6 rings (SSSR count). The summed E-state index contributed by atoms with van der Waals surface area (Å²) in [6.07, 6.45) is 8.80. The molecule has 1 aliphatic rings. The second kappa shape index (κ2) is 12.3. The fourth-order valence-corrected chi connectivity index (χ4v) is 5.43. The summed E-state index contributed by atoms with van der Waals surface area (Å²) < 4.78 is 27.1. The van der Waals surface area contributed by atoms with Crippen LogP contribution in [-0.4, -0.2) is 66.2 Å². The summed E-state index contributed by atoms with van der Waals surface area (Å²) in [5.74, 6) is 0.667. The first kappa shape index (κ1) is 28.2. The number of carbonyl (C=O) groups excluding carboxylic acids is 1. The lowest BCUT2D eigenvalue weighted by molar-refractivity contribution is -0.130. The Labute approximate surface area is 230 Å². The fourth-order valence-electron chi connectivity index (χ4n) is 4.65. The Hall–Kier alpha value is -4.85. The summed E-state index contributed by atoms with van der Waals surface area (Å²) in [5, 5.41) is 19.7. The zero-order chi connectivity index (χ0) is 28.8. The molecular formula is C26H25FN6O6S. The second-order valence-corrected chi connectivity index (χ2v) is 9.53. The van der Waals surface area contributed by atoms with Crippen LogP contribution in [0, 0.1) is 5.82 Å². The number of piperidine rings is 1. The van der Waals surface area contributed by atoms with Gasteiger partial charge in [0.2, 0.25) is 5.91 Å². The van der Waals surface area contributed by atoms with Crippen molar-refractivity contribution < 1.29 is 33.4 Å². The van der Waals surface area contributed by atoms with E-state index in [1.807, 2.05) is 28.0 Å². The lowest BCUT2D eigenvalue weighted by Crippen LogP contribution is -2.37. The number of nitrogen functional groups attached to an aromatic ring is 1. The van der Waals surface area contributed by atoms with E-state index in [4.69, 9.17) is 30.0 Å². The minimum atomic E-state index is -0.313. The highest BCUT2D eigenvalue weighted by Crippen LogP contribution is 2.40. The fraction of sp³-hybridized carbons (Fsp3) is 0.231. The largest absolute Gasteiger partial charge is 0.483 e. The second-order valence-electron chi connectivity index (χ2n) is 8.73. The highest BCUT2D eigenvalue weighted by molar-refractivity contribution is 7.13. The zero-order valence-corrected chi connectivity index (χ0v) is 22.0. The standard InChI is InChI=1S/C24H21FN6O2S.2CH2O2/c1-13(32)30-6-4-15(5-7-30)31-12-14(9-28-31)18-10-27-24(26)22-17(18)8-21(33-22)16-2-3-20(25)19-11-29-34-23(16)19;2*2-1-3/h2-3,8-12,15H,4-7H2,1H3,(H2,26,27);2*1H,(H,2,3). The molecule has 0 radical (unpaired) electrons. The number of benzene rings is 1. The van der Waals surface area contributed by atoms with Gasteiger partial charge in [-0.05, 0) is 42.6 Å². The maximum absolute atomic E-state index is 14.2. The van der Waals surface area contributed by atoms with Crippen LogP contribution >= 0.6 is 11.5 Å². The molecule has 1 saturated heterocycles. The molecule has 12 nitrogen and oxygen atoms in total. The molecule has 0 aliphatic carbocycles. The molecule has 208 valence electrons. The number of pyridine rings is 1. The van der Waals surface area contributed by atoms with Crippen LogP contribution in [0.4, 0.5) is 10.2 Å². The Bertz CT molecular complexity index is 1650. The predicted molar refractivity (Wildman–Crippen MR) is 146 cm³/mol. The Kier molecular flexibility index (Phi) is 8.69. The van der Waals surface area contributed by atoms with Gasteiger partial charge in [-0.3, -0.25) is 19.1 Å². The van der Waals surface area contributed by atoms with Crippen molar-refractivity contribution in [2.24, 2.45) is 0 Å². The van der Waals surface area contributed by atoms with Crippen molar-refractivity contribution in [3.63, 3.8) is 0 Å². The van der Waals surface area contributed by atoms with Gasteiger partial charge in [-0.25, -0.2) is 9.37 Å². The van der Waals surface area contributed by atoms with Gasteiger partial charge in [-0.2, -0.15) is 9.47 Å². The number of nitrogens with two attached hydrogens (primary N) is 1. The number of hydrogen-bond acceptors (Lipinski definition) is 9. The SMILES string of the molecule is CC(=O)N1CCC(n2cc(-c3cnc(N)c4oc(-c5ccc(F)c6cnsc56)cc34)cn2)CC1.O=CO.O=CO. The van der Waals surface area contributed by atoms with Crippen molar-refractivity contribution in [2.75, 3.05) is 18.8 Å². The first-order chi connectivity index (χ1) is 19.3.